The Balaban J connectivity index is 2.84. The van der Waals surface area contributed by atoms with Crippen molar-refractivity contribution in [2.24, 2.45) is 11.3 Å². The molecule has 0 saturated heterocycles. The highest BCUT2D eigenvalue weighted by atomic mass is 32.2. The van der Waals surface area contributed by atoms with Crippen LogP contribution in [0.1, 0.15) is 40.5 Å². The van der Waals surface area contributed by atoms with E-state index in [1.807, 2.05) is 11.8 Å². The molecule has 0 spiro atoms. The molecule has 0 amide bonds. The van der Waals surface area contributed by atoms with E-state index < -0.39 is 0 Å². The van der Waals surface area contributed by atoms with Gasteiger partial charge in [0, 0.05) is 5.25 Å². The fraction of sp³-hybridized carbons (Fsp3) is 0.833. The fourth-order valence-corrected chi connectivity index (χ4v) is 2.85. The molecule has 1 heteroatoms. The molecule has 0 bridgehead atoms. The van der Waals surface area contributed by atoms with Crippen molar-refractivity contribution < 1.29 is 0 Å². The van der Waals surface area contributed by atoms with Crippen LogP contribution in [-0.4, -0.2) is 11.5 Å². The Bertz CT molecular complexity index is 198. The van der Waals surface area contributed by atoms with Crippen molar-refractivity contribution in [3.05, 3.63) is 11.6 Å². The lowest BCUT2D eigenvalue weighted by molar-refractivity contribution is 0.401. The molecular weight excluding hydrogens is 176 g/mol. The Kier molecular flexibility index (Phi) is 3.50. The van der Waals surface area contributed by atoms with Gasteiger partial charge in [-0.2, -0.15) is 11.8 Å². The lowest BCUT2D eigenvalue weighted by Crippen LogP contribution is -2.22. The van der Waals surface area contributed by atoms with Crippen LogP contribution >= 0.6 is 11.8 Å². The van der Waals surface area contributed by atoms with Crippen LogP contribution in [0.15, 0.2) is 11.6 Å². The van der Waals surface area contributed by atoms with E-state index >= 15 is 0 Å². The summed E-state index contributed by atoms with van der Waals surface area (Å²) in [5.74, 6) is 0.795. The summed E-state index contributed by atoms with van der Waals surface area (Å²) in [5.41, 5.74) is 2.03. The highest BCUT2D eigenvalue weighted by Crippen LogP contribution is 2.39. The standard InChI is InChI=1S/C12H22S/c1-9-6-7-10(13-5)8-11(9)12(2,3)4/h8-10H,6-7H2,1-5H3. The van der Waals surface area contributed by atoms with Crippen molar-refractivity contribution in [2.45, 2.75) is 45.8 Å². The smallest absolute Gasteiger partial charge is 0.0227 e. The van der Waals surface area contributed by atoms with E-state index in [-0.39, 0.29) is 0 Å². The summed E-state index contributed by atoms with van der Waals surface area (Å²) in [6.07, 6.45) is 7.47. The number of hydrogen-bond acceptors (Lipinski definition) is 1. The first-order chi connectivity index (χ1) is 5.95. The lowest BCUT2D eigenvalue weighted by Gasteiger charge is -2.34. The van der Waals surface area contributed by atoms with Gasteiger partial charge in [-0.25, -0.2) is 0 Å². The number of allylic oxidation sites excluding steroid dienone is 1. The number of thioether (sulfide) groups is 1. The summed E-state index contributed by atoms with van der Waals surface area (Å²) in [6.45, 7) is 9.36. The second-order valence-corrected chi connectivity index (χ2v) is 6.20. The first kappa shape index (κ1) is 11.2. The van der Waals surface area contributed by atoms with Gasteiger partial charge in [-0.05, 0) is 30.4 Å². The van der Waals surface area contributed by atoms with E-state index in [9.17, 15) is 0 Å². The monoisotopic (exact) mass is 198 g/mol. The van der Waals surface area contributed by atoms with Crippen molar-refractivity contribution >= 4 is 11.8 Å². The maximum absolute atomic E-state index is 2.51. The highest BCUT2D eigenvalue weighted by molar-refractivity contribution is 7.99. The minimum absolute atomic E-state index is 0.369. The van der Waals surface area contributed by atoms with Gasteiger partial charge in [0.15, 0.2) is 0 Å². The van der Waals surface area contributed by atoms with Gasteiger partial charge in [-0.3, -0.25) is 0 Å². The van der Waals surface area contributed by atoms with Crippen LogP contribution in [-0.2, 0) is 0 Å². The van der Waals surface area contributed by atoms with Crippen molar-refractivity contribution in [2.75, 3.05) is 6.26 Å². The molecule has 2 unspecified atom stereocenters. The van der Waals surface area contributed by atoms with Crippen LogP contribution in [0.2, 0.25) is 0 Å². The Morgan fingerprint density at radius 2 is 1.92 bits per heavy atom. The van der Waals surface area contributed by atoms with Crippen LogP contribution < -0.4 is 0 Å². The Hall–Kier alpha value is 0.0900. The zero-order chi connectivity index (χ0) is 10.1. The molecule has 13 heavy (non-hydrogen) atoms. The third kappa shape index (κ3) is 2.77. The molecule has 0 saturated carbocycles. The molecule has 0 aliphatic heterocycles. The van der Waals surface area contributed by atoms with Gasteiger partial charge in [-0.15, -0.1) is 0 Å². The number of hydrogen-bond donors (Lipinski definition) is 0. The third-order valence-electron chi connectivity index (χ3n) is 2.95. The van der Waals surface area contributed by atoms with Gasteiger partial charge in [0.05, 0.1) is 0 Å². The molecule has 0 N–H and O–H groups in total. The van der Waals surface area contributed by atoms with Crippen LogP contribution in [0.3, 0.4) is 0 Å². The van der Waals surface area contributed by atoms with Gasteiger partial charge < -0.3 is 0 Å². The van der Waals surface area contributed by atoms with E-state index in [2.05, 4.69) is 40.0 Å². The zero-order valence-electron chi connectivity index (χ0n) is 9.55. The largest absolute Gasteiger partial charge is 0.158 e. The van der Waals surface area contributed by atoms with Crippen molar-refractivity contribution in [1.29, 1.82) is 0 Å². The molecule has 0 fully saturated rings. The lowest BCUT2D eigenvalue weighted by atomic mass is 9.74. The van der Waals surface area contributed by atoms with E-state index in [0.29, 0.717) is 5.41 Å². The Morgan fingerprint density at radius 3 is 2.38 bits per heavy atom. The fourth-order valence-electron chi connectivity index (χ4n) is 2.19. The van der Waals surface area contributed by atoms with E-state index in [4.69, 9.17) is 0 Å². The van der Waals surface area contributed by atoms with Crippen molar-refractivity contribution in [3.63, 3.8) is 0 Å². The summed E-state index contributed by atoms with van der Waals surface area (Å²) in [7, 11) is 0. The second kappa shape index (κ2) is 4.08. The molecule has 1 aliphatic rings. The number of rotatable bonds is 1. The SMILES string of the molecule is CSC1C=C(C(C)(C)C)C(C)CC1. The van der Waals surface area contributed by atoms with Crippen LogP contribution in [0.4, 0.5) is 0 Å². The van der Waals surface area contributed by atoms with E-state index in [1.165, 1.54) is 12.8 Å². The molecule has 0 aromatic rings. The molecular formula is C12H22S. The topological polar surface area (TPSA) is 0 Å². The van der Waals surface area contributed by atoms with E-state index in [1.54, 1.807) is 5.57 Å². The third-order valence-corrected chi connectivity index (χ3v) is 3.93. The predicted molar refractivity (Wildman–Crippen MR) is 63.2 cm³/mol. The highest BCUT2D eigenvalue weighted by Gasteiger charge is 2.26. The van der Waals surface area contributed by atoms with Crippen molar-refractivity contribution in [1.82, 2.24) is 0 Å². The molecule has 0 radical (unpaired) electrons. The van der Waals surface area contributed by atoms with Gasteiger partial charge in [0.2, 0.25) is 0 Å². The molecule has 0 nitrogen and oxygen atoms in total. The van der Waals surface area contributed by atoms with E-state index in [0.717, 1.165) is 11.2 Å². The molecule has 0 aromatic heterocycles. The van der Waals surface area contributed by atoms with Gasteiger partial charge in [0.25, 0.3) is 0 Å². The second-order valence-electron chi connectivity index (χ2n) is 5.12. The molecule has 1 rings (SSSR count). The van der Waals surface area contributed by atoms with Crippen molar-refractivity contribution in [3.8, 4) is 0 Å². The molecule has 0 aromatic carbocycles. The van der Waals surface area contributed by atoms with Crippen LogP contribution in [0, 0.1) is 11.3 Å². The maximum Gasteiger partial charge on any atom is 0.0227 e. The van der Waals surface area contributed by atoms with Gasteiger partial charge in [0.1, 0.15) is 0 Å². The summed E-state index contributed by atoms with van der Waals surface area (Å²) in [5, 5.41) is 0.769. The minimum atomic E-state index is 0.369. The first-order valence-electron chi connectivity index (χ1n) is 5.20. The summed E-state index contributed by atoms with van der Waals surface area (Å²) in [6, 6.07) is 0. The Morgan fingerprint density at radius 1 is 1.31 bits per heavy atom. The molecule has 2 atom stereocenters. The molecule has 1 aliphatic carbocycles. The van der Waals surface area contributed by atoms with Crippen LogP contribution in [0.25, 0.3) is 0 Å². The zero-order valence-corrected chi connectivity index (χ0v) is 10.4. The summed E-state index contributed by atoms with van der Waals surface area (Å²) >= 11 is 1.99. The first-order valence-corrected chi connectivity index (χ1v) is 6.49. The quantitative estimate of drug-likeness (QED) is 0.571. The van der Waals surface area contributed by atoms with Gasteiger partial charge >= 0.3 is 0 Å². The molecule has 0 heterocycles. The molecule has 76 valence electrons. The normalized spacial score (nSPS) is 30.1. The maximum atomic E-state index is 2.51. The van der Waals surface area contributed by atoms with Gasteiger partial charge in [-0.1, -0.05) is 39.3 Å². The van der Waals surface area contributed by atoms with Crippen LogP contribution in [0.5, 0.6) is 0 Å². The summed E-state index contributed by atoms with van der Waals surface area (Å²) in [4.78, 5) is 0. The average molecular weight is 198 g/mol. The predicted octanol–water partition coefficient (Wildman–Crippen LogP) is 4.12. The summed E-state index contributed by atoms with van der Waals surface area (Å²) < 4.78 is 0. The average Bonchev–Trinajstić information content (AvgIpc) is 2.03. The minimum Gasteiger partial charge on any atom is -0.158 e. The Labute approximate surface area is 87.2 Å².